The fraction of sp³-hybridized carbons (Fsp3) is 0.269. The number of amides is 3. The molecular weight excluding hydrogens is 649 g/mol. The third kappa shape index (κ3) is 6.89. The molecular formula is C26H26N8O8S3. The van der Waals surface area contributed by atoms with Crippen LogP contribution in [-0.4, -0.2) is 96.6 Å². The quantitative estimate of drug-likeness (QED) is 0.136. The normalized spacial score (nSPS) is 18.4. The summed E-state index contributed by atoms with van der Waals surface area (Å²) in [6.07, 6.45) is 0.933. The highest BCUT2D eigenvalue weighted by Gasteiger charge is 2.54. The van der Waals surface area contributed by atoms with Crippen molar-refractivity contribution in [2.75, 3.05) is 22.5 Å². The maximum absolute atomic E-state index is 13.6. The summed E-state index contributed by atoms with van der Waals surface area (Å²) in [4.78, 5) is 53.4. The highest BCUT2D eigenvalue weighted by atomic mass is 32.2. The van der Waals surface area contributed by atoms with E-state index in [4.69, 9.17) is 0 Å². The lowest BCUT2D eigenvalue weighted by Crippen LogP contribution is -2.71. The minimum atomic E-state index is -3.63. The van der Waals surface area contributed by atoms with Crippen LogP contribution in [0.1, 0.15) is 22.0 Å². The fourth-order valence-electron chi connectivity index (χ4n) is 4.68. The summed E-state index contributed by atoms with van der Waals surface area (Å²) in [5.74, 6) is -3.50. The Morgan fingerprint density at radius 2 is 1.91 bits per heavy atom. The van der Waals surface area contributed by atoms with Gasteiger partial charge < -0.3 is 20.8 Å². The Bertz CT molecular complexity index is 1820. The van der Waals surface area contributed by atoms with E-state index in [0.29, 0.717) is 16.3 Å². The molecule has 2 aromatic carbocycles. The Hall–Kier alpha value is -4.62. The van der Waals surface area contributed by atoms with Gasteiger partial charge in [0, 0.05) is 24.6 Å². The van der Waals surface area contributed by atoms with Gasteiger partial charge >= 0.3 is 5.97 Å². The third-order valence-corrected chi connectivity index (χ3v) is 9.76. The van der Waals surface area contributed by atoms with E-state index in [9.17, 15) is 37.8 Å². The highest BCUT2D eigenvalue weighted by molar-refractivity contribution is 8.01. The van der Waals surface area contributed by atoms with Crippen LogP contribution < -0.4 is 15.4 Å². The zero-order valence-corrected chi connectivity index (χ0v) is 26.0. The minimum absolute atomic E-state index is 0.0316. The first-order valence-electron chi connectivity index (χ1n) is 13.1. The fourth-order valence-corrected chi connectivity index (χ4v) is 7.57. The van der Waals surface area contributed by atoms with Crippen molar-refractivity contribution in [3.05, 3.63) is 70.9 Å². The standard InChI is InChI=1S/C26H26N8O8S3/c1-33-26(29-31-32-33)44-12-14-11-43-24-19(23(38)34(24)20(14)25(39)40)28-22(37)18(13-6-4-3-5-7-13)27-21(36)16-9-8-15(10-17(16)35)30-45(2,41)42/h3-10,18-19,24,30,35H,11-12H2,1-2H3,(H,27,36)(H,28,37)(H,39,40)/t18-,19?,24-/m0/s1. The zero-order chi connectivity index (χ0) is 32.5. The molecule has 236 valence electrons. The Morgan fingerprint density at radius 1 is 1.18 bits per heavy atom. The molecule has 2 aliphatic rings. The molecule has 3 amide bonds. The molecule has 16 nitrogen and oxygen atoms in total. The van der Waals surface area contributed by atoms with Crippen molar-refractivity contribution in [3.8, 4) is 5.75 Å². The number of tetrazole rings is 1. The smallest absolute Gasteiger partial charge is 0.352 e. The summed E-state index contributed by atoms with van der Waals surface area (Å²) >= 11 is 2.52. The second-order valence-corrected chi connectivity index (χ2v) is 13.7. The average Bonchev–Trinajstić information content (AvgIpc) is 3.40. The maximum Gasteiger partial charge on any atom is 0.352 e. The Morgan fingerprint density at radius 3 is 2.53 bits per heavy atom. The maximum atomic E-state index is 13.6. The SMILES string of the molecule is Cn1nnnc1SCC1=C(C(=O)O)N2C(=O)C(NC(=O)[C@@H](NC(=O)c3ccc(NS(C)(=O)=O)cc3O)c3ccccc3)[C@@H]2SC1. The van der Waals surface area contributed by atoms with Gasteiger partial charge in [-0.1, -0.05) is 42.1 Å². The number of anilines is 1. The topological polar surface area (TPSA) is 226 Å². The number of carboxylic acid groups (broad SMARTS) is 1. The number of phenols is 1. The molecule has 1 unspecified atom stereocenters. The molecule has 0 aliphatic carbocycles. The predicted octanol–water partition coefficient (Wildman–Crippen LogP) is 0.289. The van der Waals surface area contributed by atoms with Crippen molar-refractivity contribution < 1.29 is 37.8 Å². The molecule has 45 heavy (non-hydrogen) atoms. The number of phenolic OH excluding ortho intramolecular Hbond substituents is 1. The average molecular weight is 675 g/mol. The van der Waals surface area contributed by atoms with Crippen LogP contribution in [-0.2, 0) is 31.5 Å². The Balaban J connectivity index is 1.32. The van der Waals surface area contributed by atoms with Gasteiger partial charge in [0.05, 0.1) is 17.5 Å². The largest absolute Gasteiger partial charge is 0.507 e. The predicted molar refractivity (Wildman–Crippen MR) is 162 cm³/mol. The van der Waals surface area contributed by atoms with E-state index < -0.39 is 56.9 Å². The number of nitrogens with zero attached hydrogens (tertiary/aromatic N) is 5. The van der Waals surface area contributed by atoms with Gasteiger partial charge in [-0.15, -0.1) is 16.9 Å². The molecule has 1 fully saturated rings. The third-order valence-electron chi connectivity index (χ3n) is 6.72. The minimum Gasteiger partial charge on any atom is -0.507 e. The van der Waals surface area contributed by atoms with Gasteiger partial charge in [-0.3, -0.25) is 24.0 Å². The summed E-state index contributed by atoms with van der Waals surface area (Å²) in [5.41, 5.74) is 0.525. The Labute approximate surface area is 264 Å². The summed E-state index contributed by atoms with van der Waals surface area (Å²) in [7, 11) is -1.98. The van der Waals surface area contributed by atoms with Crippen molar-refractivity contribution in [2.24, 2.45) is 7.05 Å². The number of sulfonamides is 1. The summed E-state index contributed by atoms with van der Waals surface area (Å²) in [6.45, 7) is 0. The molecule has 3 atom stereocenters. The van der Waals surface area contributed by atoms with E-state index in [-0.39, 0.29) is 28.5 Å². The second kappa shape index (κ2) is 12.8. The van der Waals surface area contributed by atoms with Crippen LogP contribution in [0, 0.1) is 0 Å². The number of rotatable bonds is 11. The van der Waals surface area contributed by atoms with Crippen LogP contribution >= 0.6 is 23.5 Å². The first-order valence-corrected chi connectivity index (χ1v) is 17.0. The van der Waals surface area contributed by atoms with Gasteiger partial charge in [0.2, 0.25) is 21.1 Å². The van der Waals surface area contributed by atoms with E-state index in [0.717, 1.165) is 17.2 Å². The molecule has 5 N–H and O–H groups in total. The van der Waals surface area contributed by atoms with Crippen LogP contribution in [0.25, 0.3) is 0 Å². The molecule has 0 saturated carbocycles. The highest BCUT2D eigenvalue weighted by Crippen LogP contribution is 2.41. The number of carbonyl (C=O) groups excluding carboxylic acids is 3. The van der Waals surface area contributed by atoms with Crippen molar-refractivity contribution in [3.63, 3.8) is 0 Å². The number of fused-ring (bicyclic) bond motifs is 1. The van der Waals surface area contributed by atoms with Crippen LogP contribution in [0.4, 0.5) is 5.69 Å². The van der Waals surface area contributed by atoms with Gasteiger partial charge in [0.15, 0.2) is 0 Å². The number of carboxylic acids is 1. The van der Waals surface area contributed by atoms with Crippen LogP contribution in [0.3, 0.4) is 0 Å². The van der Waals surface area contributed by atoms with Gasteiger partial charge in [-0.05, 0) is 33.7 Å². The van der Waals surface area contributed by atoms with Gasteiger partial charge in [0.25, 0.3) is 11.8 Å². The van der Waals surface area contributed by atoms with E-state index in [1.54, 1.807) is 37.4 Å². The molecule has 19 heteroatoms. The van der Waals surface area contributed by atoms with Crippen LogP contribution in [0.5, 0.6) is 5.75 Å². The lowest BCUT2D eigenvalue weighted by atomic mass is 10.0. The van der Waals surface area contributed by atoms with Crippen molar-refractivity contribution in [1.29, 1.82) is 0 Å². The van der Waals surface area contributed by atoms with Gasteiger partial charge in [-0.2, -0.15) is 0 Å². The number of aromatic hydroxyl groups is 1. The summed E-state index contributed by atoms with van der Waals surface area (Å²) in [5, 5.41) is 36.6. The molecule has 3 heterocycles. The van der Waals surface area contributed by atoms with Crippen molar-refractivity contribution in [1.82, 2.24) is 35.7 Å². The number of thioether (sulfide) groups is 2. The number of nitrogens with one attached hydrogen (secondary N) is 3. The van der Waals surface area contributed by atoms with Crippen molar-refractivity contribution >= 4 is 62.9 Å². The van der Waals surface area contributed by atoms with Crippen LogP contribution in [0.15, 0.2) is 65.0 Å². The molecule has 1 aromatic heterocycles. The number of aromatic nitrogens is 4. The van der Waals surface area contributed by atoms with Crippen LogP contribution in [0.2, 0.25) is 0 Å². The summed E-state index contributed by atoms with van der Waals surface area (Å²) in [6, 6.07) is 9.36. The van der Waals surface area contributed by atoms with E-state index in [2.05, 4.69) is 30.9 Å². The molecule has 0 spiro atoms. The van der Waals surface area contributed by atoms with Gasteiger partial charge in [0.1, 0.15) is 28.9 Å². The number of benzene rings is 2. The second-order valence-electron chi connectivity index (χ2n) is 9.95. The summed E-state index contributed by atoms with van der Waals surface area (Å²) < 4.78 is 26.6. The van der Waals surface area contributed by atoms with Crippen molar-refractivity contribution in [2.45, 2.75) is 22.6 Å². The molecule has 0 radical (unpaired) electrons. The molecule has 3 aromatic rings. The zero-order valence-electron chi connectivity index (χ0n) is 23.6. The Kier molecular flexibility index (Phi) is 9.03. The number of hydrogen-bond donors (Lipinski definition) is 5. The number of aryl methyl sites for hydroxylation is 1. The first kappa shape index (κ1) is 31.8. The first-order chi connectivity index (χ1) is 21.3. The molecule has 5 rings (SSSR count). The van der Waals surface area contributed by atoms with E-state index >= 15 is 0 Å². The number of β-lactam (4-membered cyclic amide) rings is 1. The molecule has 0 bridgehead atoms. The monoisotopic (exact) mass is 674 g/mol. The molecule has 2 aliphatic heterocycles. The molecule has 1 saturated heterocycles. The number of hydrogen-bond acceptors (Lipinski definition) is 12. The van der Waals surface area contributed by atoms with Gasteiger partial charge in [-0.25, -0.2) is 17.9 Å². The lowest BCUT2D eigenvalue weighted by molar-refractivity contribution is -0.151. The number of carbonyl (C=O) groups is 4. The number of aliphatic carboxylic acids is 1. The lowest BCUT2D eigenvalue weighted by Gasteiger charge is -2.49. The van der Waals surface area contributed by atoms with E-state index in [1.165, 1.54) is 40.3 Å². The van der Waals surface area contributed by atoms with E-state index in [1.807, 2.05) is 0 Å².